The molecule has 0 amide bonds. The van der Waals surface area contributed by atoms with Crippen molar-refractivity contribution < 1.29 is 9.15 Å². The first-order chi connectivity index (χ1) is 8.72. The van der Waals surface area contributed by atoms with E-state index in [0.29, 0.717) is 5.92 Å². The van der Waals surface area contributed by atoms with Crippen LogP contribution >= 0.6 is 0 Å². The van der Waals surface area contributed by atoms with Crippen LogP contribution < -0.4 is 5.32 Å². The van der Waals surface area contributed by atoms with E-state index < -0.39 is 0 Å². The van der Waals surface area contributed by atoms with Gasteiger partial charge >= 0.3 is 0 Å². The van der Waals surface area contributed by atoms with E-state index in [1.54, 1.807) is 7.11 Å². The van der Waals surface area contributed by atoms with Crippen LogP contribution in [0.1, 0.15) is 23.5 Å². The average Bonchev–Trinajstić information content (AvgIpc) is 2.89. The van der Waals surface area contributed by atoms with E-state index in [0.717, 1.165) is 44.3 Å². The van der Waals surface area contributed by atoms with Crippen LogP contribution in [0.2, 0.25) is 0 Å². The van der Waals surface area contributed by atoms with Crippen molar-refractivity contribution in [1.29, 1.82) is 0 Å². The van der Waals surface area contributed by atoms with Crippen molar-refractivity contribution in [3.05, 3.63) is 23.2 Å². The van der Waals surface area contributed by atoms with Crippen LogP contribution in [-0.2, 0) is 17.8 Å². The summed E-state index contributed by atoms with van der Waals surface area (Å²) in [5.41, 5.74) is 1.24. The number of ether oxygens (including phenoxy) is 1. The van der Waals surface area contributed by atoms with Gasteiger partial charge in [-0.05, 0) is 44.5 Å². The molecule has 0 spiro atoms. The van der Waals surface area contributed by atoms with Gasteiger partial charge in [-0.25, -0.2) is 0 Å². The summed E-state index contributed by atoms with van der Waals surface area (Å²) in [4.78, 5) is 2.45. The van der Waals surface area contributed by atoms with Crippen LogP contribution in [0, 0.1) is 12.8 Å². The summed E-state index contributed by atoms with van der Waals surface area (Å²) in [6.07, 6.45) is 1.23. The SMILES string of the molecule is CNCc1oc(CN2CCC(COC)C2)cc1C. The molecule has 1 aromatic heterocycles. The molecule has 1 aliphatic rings. The van der Waals surface area contributed by atoms with Gasteiger partial charge in [0.25, 0.3) is 0 Å². The molecule has 1 unspecified atom stereocenters. The van der Waals surface area contributed by atoms with Crippen LogP contribution in [0.3, 0.4) is 0 Å². The van der Waals surface area contributed by atoms with Crippen molar-refractivity contribution in [2.24, 2.45) is 5.92 Å². The zero-order valence-corrected chi connectivity index (χ0v) is 11.7. The summed E-state index contributed by atoms with van der Waals surface area (Å²) in [5.74, 6) is 2.82. The van der Waals surface area contributed by atoms with E-state index in [2.05, 4.69) is 23.2 Å². The highest BCUT2D eigenvalue weighted by atomic mass is 16.5. The highest BCUT2D eigenvalue weighted by Crippen LogP contribution is 2.21. The Morgan fingerprint density at radius 2 is 2.39 bits per heavy atom. The summed E-state index contributed by atoms with van der Waals surface area (Å²) in [7, 11) is 3.72. The van der Waals surface area contributed by atoms with Crippen molar-refractivity contribution in [2.75, 3.05) is 33.9 Å². The first-order valence-electron chi connectivity index (χ1n) is 6.67. The lowest BCUT2D eigenvalue weighted by Crippen LogP contribution is -2.21. The summed E-state index contributed by atoms with van der Waals surface area (Å²) in [6, 6.07) is 2.16. The second-order valence-corrected chi connectivity index (χ2v) is 5.19. The van der Waals surface area contributed by atoms with Crippen LogP contribution in [0.15, 0.2) is 10.5 Å². The minimum absolute atomic E-state index is 0.683. The Kier molecular flexibility index (Phi) is 4.80. The maximum absolute atomic E-state index is 5.88. The van der Waals surface area contributed by atoms with Crippen LogP contribution in [0.4, 0.5) is 0 Å². The van der Waals surface area contributed by atoms with E-state index in [1.165, 1.54) is 12.0 Å². The van der Waals surface area contributed by atoms with Gasteiger partial charge in [0.15, 0.2) is 0 Å². The molecule has 0 aliphatic carbocycles. The molecule has 0 bridgehead atoms. The summed E-state index contributed by atoms with van der Waals surface area (Å²) >= 11 is 0. The lowest BCUT2D eigenvalue weighted by atomic mass is 10.1. The standard InChI is InChI=1S/C14H24N2O2/c1-11-6-13(18-14(11)7-15-2)9-16-5-4-12(8-16)10-17-3/h6,12,15H,4-5,7-10H2,1-3H3. The van der Waals surface area contributed by atoms with Gasteiger partial charge in [-0.15, -0.1) is 0 Å². The second-order valence-electron chi connectivity index (χ2n) is 5.19. The van der Waals surface area contributed by atoms with Crippen molar-refractivity contribution in [2.45, 2.75) is 26.4 Å². The monoisotopic (exact) mass is 252 g/mol. The quantitative estimate of drug-likeness (QED) is 0.837. The van der Waals surface area contributed by atoms with Gasteiger partial charge in [0.2, 0.25) is 0 Å². The predicted octanol–water partition coefficient (Wildman–Crippen LogP) is 1.78. The maximum atomic E-state index is 5.88. The van der Waals surface area contributed by atoms with Gasteiger partial charge < -0.3 is 14.5 Å². The fourth-order valence-corrected chi connectivity index (χ4v) is 2.65. The number of nitrogens with one attached hydrogen (secondary N) is 1. The van der Waals surface area contributed by atoms with Gasteiger partial charge in [-0.3, -0.25) is 4.90 Å². The average molecular weight is 252 g/mol. The van der Waals surface area contributed by atoms with Crippen molar-refractivity contribution in [3.8, 4) is 0 Å². The number of aryl methyl sites for hydroxylation is 1. The molecular formula is C14H24N2O2. The third-order valence-electron chi connectivity index (χ3n) is 3.56. The van der Waals surface area contributed by atoms with Crippen molar-refractivity contribution in [3.63, 3.8) is 0 Å². The first kappa shape index (κ1) is 13.6. The maximum Gasteiger partial charge on any atom is 0.120 e. The zero-order valence-electron chi connectivity index (χ0n) is 11.7. The Bertz CT molecular complexity index is 376. The molecule has 1 fully saturated rings. The Hall–Kier alpha value is -0.840. The molecule has 1 saturated heterocycles. The lowest BCUT2D eigenvalue weighted by Gasteiger charge is -2.13. The molecule has 4 nitrogen and oxygen atoms in total. The minimum atomic E-state index is 0.683. The predicted molar refractivity (Wildman–Crippen MR) is 71.5 cm³/mol. The Morgan fingerprint density at radius 1 is 1.56 bits per heavy atom. The minimum Gasteiger partial charge on any atom is -0.463 e. The second kappa shape index (κ2) is 6.36. The number of likely N-dealkylation sites (tertiary alicyclic amines) is 1. The molecule has 1 aromatic rings. The van der Waals surface area contributed by atoms with Crippen LogP contribution in [0.5, 0.6) is 0 Å². The summed E-state index contributed by atoms with van der Waals surface area (Å²) in [6.45, 7) is 6.98. The first-order valence-corrected chi connectivity index (χ1v) is 6.67. The molecule has 18 heavy (non-hydrogen) atoms. The normalized spacial score (nSPS) is 20.7. The molecule has 0 aromatic carbocycles. The molecule has 0 radical (unpaired) electrons. The third kappa shape index (κ3) is 3.34. The van der Waals surface area contributed by atoms with E-state index in [-0.39, 0.29) is 0 Å². The number of rotatable bonds is 6. The van der Waals surface area contributed by atoms with Crippen LogP contribution in [0.25, 0.3) is 0 Å². The fraction of sp³-hybridized carbons (Fsp3) is 0.714. The summed E-state index contributed by atoms with van der Waals surface area (Å²) < 4.78 is 11.1. The topological polar surface area (TPSA) is 37.6 Å². The van der Waals surface area contributed by atoms with Gasteiger partial charge in [0.05, 0.1) is 19.7 Å². The molecule has 2 rings (SSSR count). The van der Waals surface area contributed by atoms with Gasteiger partial charge in [-0.2, -0.15) is 0 Å². The fourth-order valence-electron chi connectivity index (χ4n) is 2.65. The Morgan fingerprint density at radius 3 is 3.11 bits per heavy atom. The van der Waals surface area contributed by atoms with Gasteiger partial charge in [-0.1, -0.05) is 0 Å². The molecular weight excluding hydrogens is 228 g/mol. The molecule has 2 heterocycles. The molecule has 4 heteroatoms. The summed E-state index contributed by atoms with van der Waals surface area (Å²) in [5, 5.41) is 3.13. The zero-order chi connectivity index (χ0) is 13.0. The van der Waals surface area contributed by atoms with Crippen LogP contribution in [-0.4, -0.2) is 38.8 Å². The number of furan rings is 1. The van der Waals surface area contributed by atoms with Crippen molar-refractivity contribution in [1.82, 2.24) is 10.2 Å². The number of hydrogen-bond donors (Lipinski definition) is 1. The molecule has 102 valence electrons. The molecule has 0 saturated carbocycles. The van der Waals surface area contributed by atoms with E-state index in [4.69, 9.17) is 9.15 Å². The number of hydrogen-bond acceptors (Lipinski definition) is 4. The molecule has 1 N–H and O–H groups in total. The van der Waals surface area contributed by atoms with E-state index in [1.807, 2.05) is 7.05 Å². The largest absolute Gasteiger partial charge is 0.463 e. The lowest BCUT2D eigenvalue weighted by molar-refractivity contribution is 0.151. The molecule has 1 atom stereocenters. The van der Waals surface area contributed by atoms with Crippen molar-refractivity contribution >= 4 is 0 Å². The highest BCUT2D eigenvalue weighted by molar-refractivity contribution is 5.20. The van der Waals surface area contributed by atoms with E-state index in [9.17, 15) is 0 Å². The van der Waals surface area contributed by atoms with Gasteiger partial charge in [0, 0.05) is 13.7 Å². The molecule has 1 aliphatic heterocycles. The smallest absolute Gasteiger partial charge is 0.120 e. The Labute approximate surface area is 109 Å². The van der Waals surface area contributed by atoms with Gasteiger partial charge in [0.1, 0.15) is 11.5 Å². The van der Waals surface area contributed by atoms with E-state index >= 15 is 0 Å². The Balaban J connectivity index is 1.88. The number of methoxy groups -OCH3 is 1. The highest BCUT2D eigenvalue weighted by Gasteiger charge is 2.23. The number of nitrogens with zero attached hydrogens (tertiary/aromatic N) is 1. The third-order valence-corrected chi connectivity index (χ3v) is 3.56.